The van der Waals surface area contributed by atoms with Crippen LogP contribution in [0.25, 0.3) is 17.0 Å². The lowest BCUT2D eigenvalue weighted by Gasteiger charge is -1.97. The van der Waals surface area contributed by atoms with Gasteiger partial charge >= 0.3 is 5.97 Å². The van der Waals surface area contributed by atoms with Crippen molar-refractivity contribution in [2.45, 2.75) is 0 Å². The average molecular weight is 308 g/mol. The zero-order chi connectivity index (χ0) is 14.3. The van der Waals surface area contributed by atoms with Crippen molar-refractivity contribution in [1.82, 2.24) is 14.6 Å². The van der Waals surface area contributed by atoms with Gasteiger partial charge in [0.05, 0.1) is 0 Å². The predicted octanol–water partition coefficient (Wildman–Crippen LogP) is 3.40. The van der Waals surface area contributed by atoms with E-state index < -0.39 is 5.97 Å². The topological polar surface area (TPSA) is 67.5 Å². The molecule has 5 nitrogen and oxygen atoms in total. The molecular weight excluding hydrogens is 301 g/mol. The molecule has 0 spiro atoms. The Kier molecular flexibility index (Phi) is 3.08. The molecule has 3 rings (SSSR count). The van der Waals surface area contributed by atoms with Crippen LogP contribution < -0.4 is 0 Å². The van der Waals surface area contributed by atoms with E-state index in [-0.39, 0.29) is 11.2 Å². The highest BCUT2D eigenvalue weighted by Crippen LogP contribution is 2.25. The van der Waals surface area contributed by atoms with Crippen LogP contribution in [0.1, 0.15) is 10.4 Å². The molecule has 20 heavy (non-hydrogen) atoms. The minimum Gasteiger partial charge on any atom is -0.478 e. The first-order valence-electron chi connectivity index (χ1n) is 5.60. The van der Waals surface area contributed by atoms with Crippen molar-refractivity contribution < 1.29 is 9.90 Å². The van der Waals surface area contributed by atoms with Crippen molar-refractivity contribution in [2.24, 2.45) is 0 Å². The van der Waals surface area contributed by atoms with Crippen LogP contribution in [0.4, 0.5) is 0 Å². The van der Waals surface area contributed by atoms with Gasteiger partial charge in [-0.05, 0) is 30.3 Å². The molecule has 0 aliphatic rings. The van der Waals surface area contributed by atoms with Crippen molar-refractivity contribution in [2.75, 3.05) is 0 Å². The van der Waals surface area contributed by atoms with Gasteiger partial charge in [-0.1, -0.05) is 23.2 Å². The van der Waals surface area contributed by atoms with Gasteiger partial charge in [0.2, 0.25) is 0 Å². The Morgan fingerprint density at radius 2 is 1.90 bits per heavy atom. The van der Waals surface area contributed by atoms with Gasteiger partial charge in [0.15, 0.2) is 11.5 Å². The first-order chi connectivity index (χ1) is 9.54. The summed E-state index contributed by atoms with van der Waals surface area (Å²) in [7, 11) is 0. The fourth-order valence-electron chi connectivity index (χ4n) is 1.88. The molecule has 2 aromatic heterocycles. The molecule has 2 heterocycles. The van der Waals surface area contributed by atoms with E-state index in [1.807, 2.05) is 0 Å². The van der Waals surface area contributed by atoms with Gasteiger partial charge in [-0.25, -0.2) is 14.3 Å². The number of carboxylic acid groups (broad SMARTS) is 1. The molecule has 0 bridgehead atoms. The average Bonchev–Trinajstić information content (AvgIpc) is 2.80. The van der Waals surface area contributed by atoms with Crippen LogP contribution in [0.2, 0.25) is 10.0 Å². The summed E-state index contributed by atoms with van der Waals surface area (Å²) in [5.74, 6) is -0.693. The summed E-state index contributed by atoms with van der Waals surface area (Å²) >= 11 is 11.9. The van der Waals surface area contributed by atoms with Crippen LogP contribution in [0, 0.1) is 0 Å². The first-order valence-corrected chi connectivity index (χ1v) is 6.35. The van der Waals surface area contributed by atoms with E-state index in [1.165, 1.54) is 10.6 Å². The van der Waals surface area contributed by atoms with Crippen molar-refractivity contribution in [3.05, 3.63) is 52.1 Å². The number of fused-ring (bicyclic) bond motifs is 1. The number of benzene rings is 1. The van der Waals surface area contributed by atoms with Gasteiger partial charge in [-0.2, -0.15) is 0 Å². The van der Waals surface area contributed by atoms with Crippen molar-refractivity contribution in [3.8, 4) is 11.4 Å². The first kappa shape index (κ1) is 12.9. The normalized spacial score (nSPS) is 10.9. The number of hydrogen-bond acceptors (Lipinski definition) is 3. The zero-order valence-corrected chi connectivity index (χ0v) is 11.4. The summed E-state index contributed by atoms with van der Waals surface area (Å²) < 4.78 is 1.41. The minimum atomic E-state index is -1.06. The van der Waals surface area contributed by atoms with Gasteiger partial charge in [0.25, 0.3) is 0 Å². The third-order valence-corrected chi connectivity index (χ3v) is 3.15. The lowest BCUT2D eigenvalue weighted by molar-refractivity contribution is 0.0698. The summed E-state index contributed by atoms with van der Waals surface area (Å²) in [6, 6.07) is 8.01. The Hall–Kier alpha value is -2.11. The fraction of sp³-hybridized carbons (Fsp3) is 0. The monoisotopic (exact) mass is 307 g/mol. The smallest absolute Gasteiger partial charge is 0.339 e. The number of aromatic carboxylic acids is 1. The molecular formula is C13H7Cl2N3O2. The Balaban J connectivity index is 2.23. The van der Waals surface area contributed by atoms with E-state index in [9.17, 15) is 4.79 Å². The Morgan fingerprint density at radius 1 is 1.20 bits per heavy atom. The number of nitrogens with zero attached hydrogens (tertiary/aromatic N) is 3. The second-order valence-corrected chi connectivity index (χ2v) is 4.96. The fourth-order valence-corrected chi connectivity index (χ4v) is 2.40. The number of halogens is 2. The van der Waals surface area contributed by atoms with Crippen molar-refractivity contribution in [3.63, 3.8) is 0 Å². The standard InChI is InChI=1S/C13H7Cl2N3O2/c14-8-4-7(5-9(15)6-8)11-16-12-10(13(19)20)2-1-3-18(12)17-11/h1-6H,(H,19,20). The summed E-state index contributed by atoms with van der Waals surface area (Å²) in [6.45, 7) is 0. The second-order valence-electron chi connectivity index (χ2n) is 4.09. The number of carboxylic acids is 1. The van der Waals surface area contributed by atoms with Crippen LogP contribution in [0.5, 0.6) is 0 Å². The molecule has 0 fully saturated rings. The van der Waals surface area contributed by atoms with Crippen LogP contribution in [0.3, 0.4) is 0 Å². The molecule has 7 heteroatoms. The largest absolute Gasteiger partial charge is 0.478 e. The lowest BCUT2D eigenvalue weighted by atomic mass is 10.2. The highest BCUT2D eigenvalue weighted by molar-refractivity contribution is 6.35. The van der Waals surface area contributed by atoms with Crippen molar-refractivity contribution >= 4 is 34.8 Å². The van der Waals surface area contributed by atoms with Gasteiger partial charge in [0, 0.05) is 21.8 Å². The van der Waals surface area contributed by atoms with Gasteiger partial charge < -0.3 is 5.11 Å². The number of hydrogen-bond donors (Lipinski definition) is 1. The van der Waals surface area contributed by atoms with E-state index in [4.69, 9.17) is 28.3 Å². The second kappa shape index (κ2) is 4.77. The number of carbonyl (C=O) groups is 1. The molecule has 3 aromatic rings. The molecule has 0 aliphatic heterocycles. The maximum Gasteiger partial charge on any atom is 0.339 e. The molecule has 0 saturated heterocycles. The Labute approximate surface area is 123 Å². The van der Waals surface area contributed by atoms with E-state index in [0.29, 0.717) is 21.4 Å². The lowest BCUT2D eigenvalue weighted by Crippen LogP contribution is -2.00. The summed E-state index contributed by atoms with van der Waals surface area (Å²) in [5.41, 5.74) is 0.980. The quantitative estimate of drug-likeness (QED) is 0.788. The molecule has 0 saturated carbocycles. The third-order valence-electron chi connectivity index (χ3n) is 2.71. The Bertz CT molecular complexity index is 809. The maximum absolute atomic E-state index is 11.1. The van der Waals surface area contributed by atoms with Crippen molar-refractivity contribution in [1.29, 1.82) is 0 Å². The number of aromatic nitrogens is 3. The highest BCUT2D eigenvalue weighted by Gasteiger charge is 2.14. The SMILES string of the molecule is O=C(O)c1cccn2nc(-c3cc(Cl)cc(Cl)c3)nc12. The minimum absolute atomic E-state index is 0.0828. The molecule has 1 N–H and O–H groups in total. The van der Waals surface area contributed by atoms with Gasteiger partial charge in [-0.3, -0.25) is 0 Å². The number of rotatable bonds is 2. The Morgan fingerprint density at radius 3 is 2.55 bits per heavy atom. The van der Waals surface area contributed by atoms with Gasteiger partial charge in [-0.15, -0.1) is 5.10 Å². The predicted molar refractivity (Wildman–Crippen MR) is 75.4 cm³/mol. The molecule has 0 atom stereocenters. The van der Waals surface area contributed by atoms with Crippen LogP contribution in [0.15, 0.2) is 36.5 Å². The molecule has 0 radical (unpaired) electrons. The molecule has 0 amide bonds. The summed E-state index contributed by atoms with van der Waals surface area (Å²) in [4.78, 5) is 15.4. The summed E-state index contributed by atoms with van der Waals surface area (Å²) in [6.07, 6.45) is 1.63. The molecule has 0 unspecified atom stereocenters. The van der Waals surface area contributed by atoms with Crippen LogP contribution >= 0.6 is 23.2 Å². The van der Waals surface area contributed by atoms with E-state index in [0.717, 1.165) is 0 Å². The third kappa shape index (κ3) is 2.21. The molecule has 100 valence electrons. The van der Waals surface area contributed by atoms with E-state index in [2.05, 4.69) is 10.1 Å². The zero-order valence-electron chi connectivity index (χ0n) is 9.92. The molecule has 0 aliphatic carbocycles. The van der Waals surface area contributed by atoms with Gasteiger partial charge in [0.1, 0.15) is 5.56 Å². The molecule has 1 aromatic carbocycles. The van der Waals surface area contributed by atoms with Crippen LogP contribution in [-0.2, 0) is 0 Å². The van der Waals surface area contributed by atoms with E-state index >= 15 is 0 Å². The highest BCUT2D eigenvalue weighted by atomic mass is 35.5. The number of pyridine rings is 1. The van der Waals surface area contributed by atoms with Crippen LogP contribution in [-0.4, -0.2) is 25.7 Å². The summed E-state index contributed by atoms with van der Waals surface area (Å²) in [5, 5.41) is 14.3. The van der Waals surface area contributed by atoms with E-state index in [1.54, 1.807) is 30.5 Å². The maximum atomic E-state index is 11.1.